The number of rotatable bonds is 3. The average molecular weight is 211 g/mol. The zero-order chi connectivity index (χ0) is 10.8. The van der Waals surface area contributed by atoms with Gasteiger partial charge < -0.3 is 4.90 Å². The second-order valence-electron chi connectivity index (χ2n) is 3.71. The molecule has 0 bridgehead atoms. The summed E-state index contributed by atoms with van der Waals surface area (Å²) < 4.78 is 13.4. The third-order valence-electron chi connectivity index (χ3n) is 2.81. The fourth-order valence-corrected chi connectivity index (χ4v) is 1.62. The van der Waals surface area contributed by atoms with E-state index in [0.717, 1.165) is 19.0 Å². The minimum Gasteiger partial charge on any atom is -0.354 e. The first kappa shape index (κ1) is 10.1. The second-order valence-corrected chi connectivity index (χ2v) is 3.71. The van der Waals surface area contributed by atoms with Gasteiger partial charge in [-0.3, -0.25) is 5.43 Å². The van der Waals surface area contributed by atoms with E-state index in [1.165, 1.54) is 6.42 Å². The molecule has 82 valence electrons. The van der Waals surface area contributed by atoms with Crippen LogP contribution in [0.15, 0.2) is 6.20 Å². The van der Waals surface area contributed by atoms with Crippen molar-refractivity contribution in [2.24, 2.45) is 5.84 Å². The van der Waals surface area contributed by atoms with Crippen LogP contribution in [0.3, 0.4) is 0 Å². The highest BCUT2D eigenvalue weighted by Crippen LogP contribution is 2.28. The number of nitrogens with zero attached hydrogens (tertiary/aromatic N) is 3. The smallest absolute Gasteiger partial charge is 0.239 e. The number of nitrogen functional groups attached to an aromatic ring is 1. The molecule has 0 unspecified atom stereocenters. The Bertz CT molecular complexity index is 352. The van der Waals surface area contributed by atoms with Gasteiger partial charge in [0, 0.05) is 13.1 Å². The van der Waals surface area contributed by atoms with E-state index >= 15 is 0 Å². The van der Waals surface area contributed by atoms with Gasteiger partial charge in [0.15, 0.2) is 11.6 Å². The summed E-state index contributed by atoms with van der Waals surface area (Å²) in [4.78, 5) is 9.54. The number of nitrogens with one attached hydrogen (secondary N) is 1. The van der Waals surface area contributed by atoms with Gasteiger partial charge in [0.2, 0.25) is 5.95 Å². The molecule has 1 saturated carbocycles. The number of hydrazine groups is 1. The number of aromatic nitrogens is 2. The molecule has 0 amide bonds. The molecule has 0 saturated heterocycles. The van der Waals surface area contributed by atoms with Gasteiger partial charge in [-0.15, -0.1) is 0 Å². The Labute approximate surface area is 87.5 Å². The van der Waals surface area contributed by atoms with Gasteiger partial charge >= 0.3 is 0 Å². The second kappa shape index (κ2) is 3.98. The van der Waals surface area contributed by atoms with Crippen molar-refractivity contribution >= 4 is 11.8 Å². The van der Waals surface area contributed by atoms with Crippen molar-refractivity contribution in [3.05, 3.63) is 12.0 Å². The molecular weight excluding hydrogens is 197 g/mol. The SMILES string of the molecule is CN(c1nc(NN)ncc1F)C1CCC1. The molecule has 3 N–H and O–H groups in total. The van der Waals surface area contributed by atoms with Crippen molar-refractivity contribution in [3.8, 4) is 0 Å². The maximum Gasteiger partial charge on any atom is 0.239 e. The Hall–Kier alpha value is -1.43. The predicted octanol–water partition coefficient (Wildman–Crippen LogP) is 0.890. The molecule has 0 spiro atoms. The molecule has 0 aromatic carbocycles. The Kier molecular flexibility index (Phi) is 2.68. The summed E-state index contributed by atoms with van der Waals surface area (Å²) in [6.45, 7) is 0. The van der Waals surface area contributed by atoms with Crippen molar-refractivity contribution in [2.45, 2.75) is 25.3 Å². The van der Waals surface area contributed by atoms with Crippen LogP contribution < -0.4 is 16.2 Å². The summed E-state index contributed by atoms with van der Waals surface area (Å²) in [5, 5.41) is 0. The summed E-state index contributed by atoms with van der Waals surface area (Å²) >= 11 is 0. The number of hydrogen-bond acceptors (Lipinski definition) is 5. The van der Waals surface area contributed by atoms with Crippen LogP contribution in [0.25, 0.3) is 0 Å². The van der Waals surface area contributed by atoms with Crippen LogP contribution in [-0.2, 0) is 0 Å². The Balaban J connectivity index is 2.24. The largest absolute Gasteiger partial charge is 0.354 e. The Morgan fingerprint density at radius 1 is 1.60 bits per heavy atom. The molecule has 1 aliphatic carbocycles. The molecule has 1 fully saturated rings. The number of nitrogens with two attached hydrogens (primary N) is 1. The number of halogens is 1. The standard InChI is InChI=1S/C9H14FN5/c1-15(6-3-2-4-6)8-7(10)5-12-9(13-8)14-11/h5-6H,2-4,11H2,1H3,(H,12,13,14). The van der Waals surface area contributed by atoms with Crippen LogP contribution >= 0.6 is 0 Å². The number of anilines is 2. The van der Waals surface area contributed by atoms with Crippen LogP contribution in [0.1, 0.15) is 19.3 Å². The topological polar surface area (TPSA) is 67.1 Å². The molecule has 0 aliphatic heterocycles. The van der Waals surface area contributed by atoms with E-state index in [2.05, 4.69) is 15.4 Å². The van der Waals surface area contributed by atoms with E-state index in [9.17, 15) is 4.39 Å². The third-order valence-corrected chi connectivity index (χ3v) is 2.81. The summed E-state index contributed by atoms with van der Waals surface area (Å²) in [6, 6.07) is 0.389. The third kappa shape index (κ3) is 1.85. The van der Waals surface area contributed by atoms with E-state index < -0.39 is 5.82 Å². The molecule has 1 aromatic heterocycles. The highest BCUT2D eigenvalue weighted by molar-refractivity contribution is 5.44. The molecule has 1 aromatic rings. The molecule has 1 heterocycles. The van der Waals surface area contributed by atoms with Crippen molar-refractivity contribution in [3.63, 3.8) is 0 Å². The molecule has 2 rings (SSSR count). The van der Waals surface area contributed by atoms with E-state index in [0.29, 0.717) is 11.9 Å². The van der Waals surface area contributed by atoms with Crippen LogP contribution in [0.5, 0.6) is 0 Å². The lowest BCUT2D eigenvalue weighted by Gasteiger charge is -2.35. The van der Waals surface area contributed by atoms with Gasteiger partial charge in [0.1, 0.15) is 0 Å². The summed E-state index contributed by atoms with van der Waals surface area (Å²) in [6.07, 6.45) is 4.51. The molecule has 15 heavy (non-hydrogen) atoms. The molecule has 0 atom stereocenters. The minimum atomic E-state index is -0.414. The lowest BCUT2D eigenvalue weighted by molar-refractivity contribution is 0.395. The molecule has 0 radical (unpaired) electrons. The molecular formula is C9H14FN5. The minimum absolute atomic E-state index is 0.234. The zero-order valence-electron chi connectivity index (χ0n) is 8.57. The molecule has 5 nitrogen and oxygen atoms in total. The quantitative estimate of drug-likeness (QED) is 0.574. The molecule has 1 aliphatic rings. The monoisotopic (exact) mass is 211 g/mol. The summed E-state index contributed by atoms with van der Waals surface area (Å²) in [5.41, 5.74) is 2.31. The van der Waals surface area contributed by atoms with Gasteiger partial charge in [0.25, 0.3) is 0 Å². The first-order chi connectivity index (χ1) is 7.22. The predicted molar refractivity (Wildman–Crippen MR) is 55.8 cm³/mol. The first-order valence-corrected chi connectivity index (χ1v) is 4.94. The van der Waals surface area contributed by atoms with Crippen molar-refractivity contribution in [1.82, 2.24) is 9.97 Å². The fraction of sp³-hybridized carbons (Fsp3) is 0.556. The summed E-state index contributed by atoms with van der Waals surface area (Å²) in [5.74, 6) is 5.30. The van der Waals surface area contributed by atoms with E-state index in [-0.39, 0.29) is 5.95 Å². The highest BCUT2D eigenvalue weighted by Gasteiger charge is 2.25. The van der Waals surface area contributed by atoms with Crippen molar-refractivity contribution in [2.75, 3.05) is 17.4 Å². The van der Waals surface area contributed by atoms with Crippen LogP contribution in [0.4, 0.5) is 16.2 Å². The van der Waals surface area contributed by atoms with Crippen LogP contribution in [0.2, 0.25) is 0 Å². The maximum absolute atomic E-state index is 13.4. The zero-order valence-corrected chi connectivity index (χ0v) is 8.57. The van der Waals surface area contributed by atoms with E-state index in [1.807, 2.05) is 11.9 Å². The normalized spacial score (nSPS) is 15.9. The van der Waals surface area contributed by atoms with Crippen molar-refractivity contribution in [1.29, 1.82) is 0 Å². The van der Waals surface area contributed by atoms with Gasteiger partial charge in [-0.05, 0) is 19.3 Å². The average Bonchev–Trinajstić information content (AvgIpc) is 2.15. The van der Waals surface area contributed by atoms with Crippen LogP contribution in [-0.4, -0.2) is 23.1 Å². The van der Waals surface area contributed by atoms with Gasteiger partial charge in [0.05, 0.1) is 6.20 Å². The molecule has 6 heteroatoms. The van der Waals surface area contributed by atoms with Gasteiger partial charge in [-0.1, -0.05) is 0 Å². The number of hydrogen-bond donors (Lipinski definition) is 2. The lowest BCUT2D eigenvalue weighted by atomic mass is 9.92. The lowest BCUT2D eigenvalue weighted by Crippen LogP contribution is -2.38. The Morgan fingerprint density at radius 2 is 2.33 bits per heavy atom. The van der Waals surface area contributed by atoms with Crippen LogP contribution in [0, 0.1) is 5.82 Å². The van der Waals surface area contributed by atoms with E-state index in [4.69, 9.17) is 5.84 Å². The van der Waals surface area contributed by atoms with Crippen molar-refractivity contribution < 1.29 is 4.39 Å². The van der Waals surface area contributed by atoms with E-state index in [1.54, 1.807) is 0 Å². The fourth-order valence-electron chi connectivity index (χ4n) is 1.62. The van der Waals surface area contributed by atoms with Gasteiger partial charge in [-0.25, -0.2) is 15.2 Å². The summed E-state index contributed by atoms with van der Waals surface area (Å²) in [7, 11) is 1.84. The van der Waals surface area contributed by atoms with Gasteiger partial charge in [-0.2, -0.15) is 4.98 Å². The highest BCUT2D eigenvalue weighted by atomic mass is 19.1. The maximum atomic E-state index is 13.4. The Morgan fingerprint density at radius 3 is 2.87 bits per heavy atom. The first-order valence-electron chi connectivity index (χ1n) is 4.94.